The lowest BCUT2D eigenvalue weighted by atomic mass is 9.57. The quantitative estimate of drug-likeness (QED) is 0.226. The van der Waals surface area contributed by atoms with Crippen LogP contribution in [-0.2, 0) is 23.9 Å². The molecule has 9 heteroatoms. The Labute approximate surface area is 212 Å². The van der Waals surface area contributed by atoms with Crippen molar-refractivity contribution in [3.63, 3.8) is 0 Å². The average Bonchev–Trinajstić information content (AvgIpc) is 3.18. The number of aliphatic hydroxyl groups excluding tert-OH is 1. The number of ether oxygens (including phenoxy) is 1. The number of hydrogen-bond donors (Lipinski definition) is 3. The van der Waals surface area contributed by atoms with E-state index < -0.39 is 41.7 Å². The lowest BCUT2D eigenvalue weighted by Crippen LogP contribution is -2.58. The van der Waals surface area contributed by atoms with Crippen LogP contribution < -0.4 is 0 Å². The van der Waals surface area contributed by atoms with Gasteiger partial charge in [-0.3, -0.25) is 19.4 Å². The van der Waals surface area contributed by atoms with Gasteiger partial charge in [0.05, 0.1) is 6.10 Å². The summed E-state index contributed by atoms with van der Waals surface area (Å²) >= 11 is 0. The van der Waals surface area contributed by atoms with Crippen molar-refractivity contribution in [1.29, 1.82) is 0 Å². The molecule has 3 N–H and O–H groups in total. The summed E-state index contributed by atoms with van der Waals surface area (Å²) in [6.07, 6.45) is 8.11. The third-order valence-corrected chi connectivity index (χ3v) is 7.91. The van der Waals surface area contributed by atoms with Gasteiger partial charge in [-0.1, -0.05) is 44.8 Å². The summed E-state index contributed by atoms with van der Waals surface area (Å²) < 4.78 is 6.16. The van der Waals surface area contributed by atoms with Crippen molar-refractivity contribution >= 4 is 29.2 Å². The Hall–Kier alpha value is -2.39. The fourth-order valence-electron chi connectivity index (χ4n) is 6.03. The molecule has 2 unspecified atom stereocenters. The molecule has 36 heavy (non-hydrogen) atoms. The van der Waals surface area contributed by atoms with E-state index in [0.29, 0.717) is 44.2 Å². The number of ketones is 2. The van der Waals surface area contributed by atoms with E-state index in [1.165, 1.54) is 0 Å². The second kappa shape index (κ2) is 12.7. The predicted octanol–water partition coefficient (Wildman–Crippen LogP) is 3.51. The molecule has 1 spiro atoms. The first-order chi connectivity index (χ1) is 17.2. The summed E-state index contributed by atoms with van der Waals surface area (Å²) in [6.45, 7) is 2.02. The second-order valence-electron chi connectivity index (χ2n) is 10.4. The van der Waals surface area contributed by atoms with E-state index in [1.807, 2.05) is 19.1 Å². The Kier molecular flexibility index (Phi) is 9.96. The van der Waals surface area contributed by atoms with Crippen LogP contribution in [0.2, 0.25) is 0 Å². The van der Waals surface area contributed by atoms with Crippen LogP contribution >= 0.6 is 0 Å². The highest BCUT2D eigenvalue weighted by atomic mass is 16.5. The largest absolute Gasteiger partial charge is 0.481 e. The summed E-state index contributed by atoms with van der Waals surface area (Å²) in [4.78, 5) is 52.4. The molecule has 9 nitrogen and oxygen atoms in total. The third-order valence-electron chi connectivity index (χ3n) is 7.91. The van der Waals surface area contributed by atoms with E-state index in [-0.39, 0.29) is 36.7 Å². The summed E-state index contributed by atoms with van der Waals surface area (Å²) in [5.41, 5.74) is 0.0549. The Balaban J connectivity index is 1.65. The predicted molar refractivity (Wildman–Crippen MR) is 132 cm³/mol. The number of Topliss-reactive ketones (excluding diaryl/α,β-unsaturated/α-hetero) is 2. The Morgan fingerprint density at radius 2 is 1.83 bits per heavy atom. The van der Waals surface area contributed by atoms with Gasteiger partial charge < -0.3 is 20.1 Å². The zero-order chi connectivity index (χ0) is 26.3. The molecule has 3 aliphatic rings. The van der Waals surface area contributed by atoms with Crippen molar-refractivity contribution < 1.29 is 39.2 Å². The summed E-state index contributed by atoms with van der Waals surface area (Å²) in [7, 11) is 0. The van der Waals surface area contributed by atoms with Crippen molar-refractivity contribution in [2.24, 2.45) is 16.3 Å². The Morgan fingerprint density at radius 3 is 2.53 bits per heavy atom. The maximum absolute atomic E-state index is 13.0. The first-order valence-electron chi connectivity index (χ1n) is 13.2. The van der Waals surface area contributed by atoms with Crippen molar-refractivity contribution in [1.82, 2.24) is 0 Å². The maximum atomic E-state index is 13.0. The highest BCUT2D eigenvalue weighted by Crippen LogP contribution is 2.55. The molecule has 2 bridgehead atoms. The number of carbonyl (C=O) groups excluding carboxylic acids is 2. The van der Waals surface area contributed by atoms with Crippen LogP contribution in [-0.4, -0.2) is 68.9 Å². The number of carboxylic acids is 2. The van der Waals surface area contributed by atoms with Gasteiger partial charge in [0.1, 0.15) is 18.2 Å². The van der Waals surface area contributed by atoms with E-state index >= 15 is 0 Å². The number of aliphatic carboxylic acids is 2. The smallest absolute Gasteiger partial charge is 0.328 e. The van der Waals surface area contributed by atoms with E-state index in [2.05, 4.69) is 4.99 Å². The van der Waals surface area contributed by atoms with Crippen molar-refractivity contribution in [2.45, 2.75) is 115 Å². The molecule has 2 aliphatic heterocycles. The number of hydrogen-bond acceptors (Lipinski definition) is 7. The van der Waals surface area contributed by atoms with Crippen LogP contribution in [0.3, 0.4) is 0 Å². The van der Waals surface area contributed by atoms with Gasteiger partial charge in [-0.25, -0.2) is 4.79 Å². The number of fused-ring (bicyclic) bond motifs is 1. The Bertz CT molecular complexity index is 896. The Morgan fingerprint density at radius 1 is 1.11 bits per heavy atom. The first-order valence-corrected chi connectivity index (χ1v) is 13.2. The molecule has 6 atom stereocenters. The molecule has 0 amide bonds. The molecular weight excluding hydrogens is 466 g/mol. The van der Waals surface area contributed by atoms with Crippen LogP contribution in [0.1, 0.15) is 90.4 Å². The molecule has 3 rings (SSSR count). The topological polar surface area (TPSA) is 151 Å². The number of aliphatic imine (C=N–C) groups is 1. The zero-order valence-corrected chi connectivity index (χ0v) is 21.1. The standard InChI is InChI=1S/C27H39NO8/c1-2-3-7-10-17-22(13-20(30)19(29)11-8-5-4-6-9-12-25(32)33)36-23-16-27(17)15-18(26(34)35)28-24(27)14-21(23)31/h3,7,17-19,22-23,29H,2,4-6,8-16H2,1H3,(H,32,33)(H,34,35)/t17-,18-,19+,22-,23?,27?/m0/s1. The van der Waals surface area contributed by atoms with Gasteiger partial charge in [-0.2, -0.15) is 0 Å². The van der Waals surface area contributed by atoms with E-state index in [1.54, 1.807) is 0 Å². The third kappa shape index (κ3) is 6.68. The lowest BCUT2D eigenvalue weighted by Gasteiger charge is -2.52. The van der Waals surface area contributed by atoms with Gasteiger partial charge in [-0.15, -0.1) is 0 Å². The molecule has 0 aromatic rings. The number of rotatable bonds is 15. The second-order valence-corrected chi connectivity index (χ2v) is 10.4. The zero-order valence-electron chi connectivity index (χ0n) is 21.1. The number of unbranched alkanes of at least 4 members (excludes halogenated alkanes) is 4. The van der Waals surface area contributed by atoms with Gasteiger partial charge in [0.15, 0.2) is 11.6 Å². The number of allylic oxidation sites excluding steroid dienone is 2. The number of carboxylic acid groups (broad SMARTS) is 2. The van der Waals surface area contributed by atoms with Crippen LogP contribution in [0.5, 0.6) is 0 Å². The van der Waals surface area contributed by atoms with Crippen LogP contribution in [0.4, 0.5) is 0 Å². The number of aliphatic hydroxyl groups is 1. The molecule has 1 saturated carbocycles. The molecule has 0 aromatic carbocycles. The van der Waals surface area contributed by atoms with Crippen LogP contribution in [0, 0.1) is 11.3 Å². The molecule has 1 saturated heterocycles. The fourth-order valence-corrected chi connectivity index (χ4v) is 6.03. The number of carbonyl (C=O) groups is 4. The minimum absolute atomic E-state index is 0.0268. The van der Waals surface area contributed by atoms with Gasteiger partial charge in [-0.05, 0) is 38.5 Å². The fraction of sp³-hybridized carbons (Fsp3) is 0.741. The molecule has 2 heterocycles. The normalized spacial score (nSPS) is 30.2. The summed E-state index contributed by atoms with van der Waals surface area (Å²) in [5.74, 6) is -2.46. The highest BCUT2D eigenvalue weighted by molar-refractivity contribution is 6.11. The molecular formula is C27H39NO8. The van der Waals surface area contributed by atoms with E-state index in [0.717, 1.165) is 25.7 Å². The highest BCUT2D eigenvalue weighted by Gasteiger charge is 2.60. The molecule has 200 valence electrons. The first kappa shape index (κ1) is 28.2. The van der Waals surface area contributed by atoms with Gasteiger partial charge >= 0.3 is 11.9 Å². The van der Waals surface area contributed by atoms with Gasteiger partial charge in [0.25, 0.3) is 0 Å². The minimum Gasteiger partial charge on any atom is -0.481 e. The molecule has 1 aliphatic carbocycles. The van der Waals surface area contributed by atoms with E-state index in [4.69, 9.17) is 9.84 Å². The monoisotopic (exact) mass is 505 g/mol. The van der Waals surface area contributed by atoms with Gasteiger partial charge in [0.2, 0.25) is 0 Å². The van der Waals surface area contributed by atoms with Crippen LogP contribution in [0.25, 0.3) is 0 Å². The maximum Gasteiger partial charge on any atom is 0.328 e. The molecule has 0 radical (unpaired) electrons. The van der Waals surface area contributed by atoms with Crippen molar-refractivity contribution in [3.05, 3.63) is 12.2 Å². The van der Waals surface area contributed by atoms with Crippen LogP contribution in [0.15, 0.2) is 17.1 Å². The summed E-state index contributed by atoms with van der Waals surface area (Å²) in [6, 6.07) is -0.889. The van der Waals surface area contributed by atoms with E-state index in [9.17, 15) is 29.4 Å². The molecule has 2 fully saturated rings. The number of nitrogens with zero attached hydrogens (tertiary/aromatic N) is 1. The summed E-state index contributed by atoms with van der Waals surface area (Å²) in [5, 5.41) is 28.8. The van der Waals surface area contributed by atoms with Crippen molar-refractivity contribution in [3.8, 4) is 0 Å². The van der Waals surface area contributed by atoms with Crippen molar-refractivity contribution in [2.75, 3.05) is 0 Å². The minimum atomic E-state index is -1.13. The van der Waals surface area contributed by atoms with Gasteiger partial charge in [0, 0.05) is 36.3 Å². The lowest BCUT2D eigenvalue weighted by molar-refractivity contribution is -0.167. The average molecular weight is 506 g/mol. The molecule has 0 aromatic heterocycles. The SMILES string of the molecule is CCC=CC[C@H]1[C@H](CC(=O)[C@H](O)CCCCCCCC(=O)O)OC2CC13C[C@@H](C(=O)O)N=C3CC2=O.